The number of carboxylic acid groups (broad SMARTS) is 1. The molecule has 0 fully saturated rings. The molecule has 0 radical (unpaired) electrons. The van der Waals surface area contributed by atoms with E-state index in [-0.39, 0.29) is 21.3 Å². The predicted octanol–water partition coefficient (Wildman–Crippen LogP) is 2.51. The van der Waals surface area contributed by atoms with Crippen molar-refractivity contribution in [2.24, 2.45) is 0 Å². The summed E-state index contributed by atoms with van der Waals surface area (Å²) in [5, 5.41) is 24.4. The molecule has 9 heteroatoms. The molecule has 25 heavy (non-hydrogen) atoms. The number of non-ortho nitro benzene ring substituents is 1. The zero-order valence-electron chi connectivity index (χ0n) is 12.6. The van der Waals surface area contributed by atoms with Gasteiger partial charge in [-0.1, -0.05) is 41.4 Å². The van der Waals surface area contributed by atoms with E-state index in [1.807, 2.05) is 0 Å². The Balaban J connectivity index is 2.30. The summed E-state index contributed by atoms with van der Waals surface area (Å²) in [4.78, 5) is 33.5. The van der Waals surface area contributed by atoms with Gasteiger partial charge in [-0.3, -0.25) is 14.9 Å². The number of nitro benzene ring substituents is 1. The number of aliphatic carboxylic acids is 1. The number of hydrogen-bond donors (Lipinski definition) is 1. The SMILES string of the molecule is O=C([O-])C[C@@H](NC(=O)c1c(Cl)cccc1Cl)c1ccc([N+](=O)[O-])cc1. The zero-order valence-corrected chi connectivity index (χ0v) is 14.1. The third-order valence-corrected chi connectivity index (χ3v) is 4.00. The minimum absolute atomic E-state index is 0.0103. The average molecular weight is 382 g/mol. The highest BCUT2D eigenvalue weighted by atomic mass is 35.5. The molecule has 0 saturated heterocycles. The first kappa shape index (κ1) is 18.7. The van der Waals surface area contributed by atoms with E-state index in [1.165, 1.54) is 36.4 Å². The summed E-state index contributed by atoms with van der Waals surface area (Å²) in [5.74, 6) is -2.06. The van der Waals surface area contributed by atoms with Crippen LogP contribution in [0, 0.1) is 10.1 Å². The van der Waals surface area contributed by atoms with Gasteiger partial charge in [0.2, 0.25) is 0 Å². The van der Waals surface area contributed by atoms with Crippen LogP contribution in [0.4, 0.5) is 5.69 Å². The Bertz CT molecular complexity index is 804. The molecule has 1 N–H and O–H groups in total. The fourth-order valence-electron chi connectivity index (χ4n) is 2.19. The lowest BCUT2D eigenvalue weighted by molar-refractivity contribution is -0.384. The Hall–Kier alpha value is -2.64. The molecule has 2 aromatic rings. The lowest BCUT2D eigenvalue weighted by atomic mass is 10.0. The third-order valence-electron chi connectivity index (χ3n) is 3.37. The van der Waals surface area contributed by atoms with Crippen LogP contribution >= 0.6 is 23.2 Å². The quantitative estimate of drug-likeness (QED) is 0.609. The second-order valence-corrected chi connectivity index (χ2v) is 5.86. The van der Waals surface area contributed by atoms with Crippen LogP contribution in [0.15, 0.2) is 42.5 Å². The van der Waals surface area contributed by atoms with Crippen LogP contribution in [0.2, 0.25) is 10.0 Å². The number of nitrogens with one attached hydrogen (secondary N) is 1. The van der Waals surface area contributed by atoms with Crippen molar-refractivity contribution in [2.45, 2.75) is 12.5 Å². The Morgan fingerprint density at radius 2 is 1.64 bits per heavy atom. The number of hydrogen-bond acceptors (Lipinski definition) is 5. The first-order valence-corrected chi connectivity index (χ1v) is 7.74. The molecule has 2 aromatic carbocycles. The molecule has 2 rings (SSSR count). The van der Waals surface area contributed by atoms with Crippen LogP contribution in [0.25, 0.3) is 0 Å². The molecular formula is C16H11Cl2N2O5-. The number of carbonyl (C=O) groups excluding carboxylic acids is 2. The molecule has 7 nitrogen and oxygen atoms in total. The number of carboxylic acids is 1. The Morgan fingerprint density at radius 3 is 2.12 bits per heavy atom. The van der Waals surface area contributed by atoms with Crippen LogP contribution in [0.5, 0.6) is 0 Å². The number of halogens is 2. The van der Waals surface area contributed by atoms with E-state index in [2.05, 4.69) is 5.32 Å². The largest absolute Gasteiger partial charge is 0.550 e. The summed E-state index contributed by atoms with van der Waals surface area (Å²) in [6.07, 6.45) is -0.522. The van der Waals surface area contributed by atoms with Crippen LogP contribution in [-0.2, 0) is 4.79 Å². The van der Waals surface area contributed by atoms with Crippen molar-refractivity contribution in [3.8, 4) is 0 Å². The van der Waals surface area contributed by atoms with Crippen LogP contribution < -0.4 is 10.4 Å². The summed E-state index contributed by atoms with van der Waals surface area (Å²) in [7, 11) is 0. The number of rotatable bonds is 6. The lowest BCUT2D eigenvalue weighted by Gasteiger charge is -2.20. The molecule has 0 heterocycles. The van der Waals surface area contributed by atoms with E-state index >= 15 is 0 Å². The maximum atomic E-state index is 12.4. The molecule has 0 aliphatic heterocycles. The number of carbonyl (C=O) groups is 2. The highest BCUT2D eigenvalue weighted by Gasteiger charge is 2.20. The van der Waals surface area contributed by atoms with Crippen molar-refractivity contribution in [1.82, 2.24) is 5.32 Å². The number of nitro groups is 1. The molecule has 0 bridgehead atoms. The van der Waals surface area contributed by atoms with Crippen molar-refractivity contribution in [3.05, 3.63) is 73.8 Å². The molecule has 0 aliphatic rings. The van der Waals surface area contributed by atoms with E-state index in [9.17, 15) is 24.8 Å². The van der Waals surface area contributed by atoms with Gasteiger partial charge in [0, 0.05) is 24.5 Å². The maximum absolute atomic E-state index is 12.4. The minimum atomic E-state index is -1.39. The van der Waals surface area contributed by atoms with Gasteiger partial charge in [0.1, 0.15) is 0 Å². The highest BCUT2D eigenvalue weighted by molar-refractivity contribution is 6.39. The van der Waals surface area contributed by atoms with Crippen molar-refractivity contribution in [3.63, 3.8) is 0 Å². The van der Waals surface area contributed by atoms with Crippen molar-refractivity contribution < 1.29 is 19.6 Å². The second-order valence-electron chi connectivity index (χ2n) is 5.05. The van der Waals surface area contributed by atoms with E-state index in [0.717, 1.165) is 0 Å². The average Bonchev–Trinajstić information content (AvgIpc) is 2.53. The summed E-state index contributed by atoms with van der Waals surface area (Å²) in [6, 6.07) is 8.70. The van der Waals surface area contributed by atoms with Gasteiger partial charge >= 0.3 is 0 Å². The number of benzene rings is 2. The Morgan fingerprint density at radius 1 is 1.08 bits per heavy atom. The van der Waals surface area contributed by atoms with E-state index in [1.54, 1.807) is 6.07 Å². The lowest BCUT2D eigenvalue weighted by Crippen LogP contribution is -2.34. The maximum Gasteiger partial charge on any atom is 0.269 e. The third kappa shape index (κ3) is 4.68. The Labute approximate surface area is 152 Å². The molecule has 1 atom stereocenters. The monoisotopic (exact) mass is 381 g/mol. The molecule has 0 spiro atoms. The summed E-state index contributed by atoms with van der Waals surface area (Å²) >= 11 is 11.9. The normalized spacial score (nSPS) is 11.6. The van der Waals surface area contributed by atoms with Crippen molar-refractivity contribution in [2.75, 3.05) is 0 Å². The van der Waals surface area contributed by atoms with Crippen LogP contribution in [0.3, 0.4) is 0 Å². The van der Waals surface area contributed by atoms with Crippen molar-refractivity contribution >= 4 is 40.8 Å². The first-order valence-electron chi connectivity index (χ1n) is 6.98. The van der Waals surface area contributed by atoms with Gasteiger partial charge in [-0.15, -0.1) is 0 Å². The van der Waals surface area contributed by atoms with Crippen molar-refractivity contribution in [1.29, 1.82) is 0 Å². The van der Waals surface area contributed by atoms with Gasteiger partial charge < -0.3 is 15.2 Å². The van der Waals surface area contributed by atoms with Gasteiger partial charge in [-0.05, 0) is 17.7 Å². The van der Waals surface area contributed by atoms with Gasteiger partial charge in [0.15, 0.2) is 0 Å². The number of amides is 1. The van der Waals surface area contributed by atoms with Gasteiger partial charge in [0.05, 0.1) is 26.6 Å². The van der Waals surface area contributed by atoms with E-state index in [0.29, 0.717) is 5.56 Å². The van der Waals surface area contributed by atoms with E-state index in [4.69, 9.17) is 23.2 Å². The minimum Gasteiger partial charge on any atom is -0.550 e. The smallest absolute Gasteiger partial charge is 0.269 e. The van der Waals surface area contributed by atoms with E-state index < -0.39 is 29.3 Å². The highest BCUT2D eigenvalue weighted by Crippen LogP contribution is 2.26. The van der Waals surface area contributed by atoms with Gasteiger partial charge in [0.25, 0.3) is 11.6 Å². The first-order chi connectivity index (χ1) is 11.8. The number of nitrogens with zero attached hydrogens (tertiary/aromatic N) is 1. The molecule has 1 amide bonds. The van der Waals surface area contributed by atoms with Crippen LogP contribution in [0.1, 0.15) is 28.4 Å². The molecular weight excluding hydrogens is 371 g/mol. The second kappa shape index (κ2) is 7.96. The van der Waals surface area contributed by atoms with Crippen LogP contribution in [-0.4, -0.2) is 16.8 Å². The molecule has 0 aliphatic carbocycles. The fraction of sp³-hybridized carbons (Fsp3) is 0.125. The standard InChI is InChI=1S/C16H12Cl2N2O5/c17-11-2-1-3-12(18)15(11)16(23)19-13(8-14(21)22)9-4-6-10(7-5-9)20(24)25/h1-7,13H,8H2,(H,19,23)(H,21,22)/p-1/t13-/m1/s1. The summed E-state index contributed by atoms with van der Waals surface area (Å²) in [5.41, 5.74) is 0.221. The fourth-order valence-corrected chi connectivity index (χ4v) is 2.76. The van der Waals surface area contributed by atoms with Gasteiger partial charge in [-0.25, -0.2) is 0 Å². The molecule has 0 aromatic heterocycles. The Kier molecular flexibility index (Phi) is 5.95. The summed E-state index contributed by atoms with van der Waals surface area (Å²) < 4.78 is 0. The predicted molar refractivity (Wildman–Crippen MR) is 89.4 cm³/mol. The molecule has 0 unspecified atom stereocenters. The topological polar surface area (TPSA) is 112 Å². The zero-order chi connectivity index (χ0) is 18.6. The molecule has 0 saturated carbocycles. The molecule has 130 valence electrons. The van der Waals surface area contributed by atoms with Gasteiger partial charge in [-0.2, -0.15) is 0 Å². The summed E-state index contributed by atoms with van der Waals surface area (Å²) in [6.45, 7) is 0.